The fourth-order valence-corrected chi connectivity index (χ4v) is 2.97. The van der Waals surface area contributed by atoms with Gasteiger partial charge in [-0.1, -0.05) is 33.6 Å². The first-order chi connectivity index (χ1) is 7.08. The third kappa shape index (κ3) is 4.14. The summed E-state index contributed by atoms with van der Waals surface area (Å²) in [5.41, 5.74) is 0.582. The van der Waals surface area contributed by atoms with E-state index in [-0.39, 0.29) is 6.10 Å². The average Bonchev–Trinajstić information content (AvgIpc) is 2.20. The highest BCUT2D eigenvalue weighted by atomic mass is 16.3. The number of hydrogen-bond acceptors (Lipinski definition) is 1. The fourth-order valence-electron chi connectivity index (χ4n) is 2.97. The van der Waals surface area contributed by atoms with E-state index in [0.29, 0.717) is 5.41 Å². The Labute approximate surface area is 95.3 Å². The molecule has 1 N–H and O–H groups in total. The van der Waals surface area contributed by atoms with E-state index in [1.54, 1.807) is 0 Å². The highest BCUT2D eigenvalue weighted by Gasteiger charge is 2.33. The molecule has 1 heteroatoms. The maximum absolute atomic E-state index is 9.59. The van der Waals surface area contributed by atoms with Crippen LogP contribution in [0.1, 0.15) is 72.1 Å². The van der Waals surface area contributed by atoms with Gasteiger partial charge in [-0.3, -0.25) is 0 Å². The summed E-state index contributed by atoms with van der Waals surface area (Å²) in [6.07, 6.45) is 10.00. The minimum Gasteiger partial charge on any atom is -0.393 e. The van der Waals surface area contributed by atoms with Crippen LogP contribution in [0.4, 0.5) is 0 Å². The van der Waals surface area contributed by atoms with Crippen LogP contribution in [0.25, 0.3) is 0 Å². The maximum Gasteiger partial charge on any atom is 0.0540 e. The molecule has 0 atom stereocenters. The summed E-state index contributed by atoms with van der Waals surface area (Å²) in [6.45, 7) is 6.93. The molecular formula is C14H28O. The van der Waals surface area contributed by atoms with Gasteiger partial charge in [0.2, 0.25) is 0 Å². The van der Waals surface area contributed by atoms with Crippen LogP contribution in [-0.4, -0.2) is 11.2 Å². The van der Waals surface area contributed by atoms with Crippen molar-refractivity contribution in [1.29, 1.82) is 0 Å². The first-order valence-corrected chi connectivity index (χ1v) is 6.76. The summed E-state index contributed by atoms with van der Waals surface area (Å²) >= 11 is 0. The zero-order valence-corrected chi connectivity index (χ0v) is 10.8. The first-order valence-electron chi connectivity index (χ1n) is 6.76. The van der Waals surface area contributed by atoms with Gasteiger partial charge in [0.05, 0.1) is 6.10 Å². The molecule has 0 bridgehead atoms. The second kappa shape index (κ2) is 5.89. The molecule has 0 saturated heterocycles. The molecule has 0 radical (unpaired) electrons. The molecule has 0 aromatic heterocycles. The molecule has 0 heterocycles. The quantitative estimate of drug-likeness (QED) is 0.726. The lowest BCUT2D eigenvalue weighted by atomic mass is 9.67. The normalized spacial score (nSPS) is 32.2. The van der Waals surface area contributed by atoms with Crippen molar-refractivity contribution >= 4 is 0 Å². The van der Waals surface area contributed by atoms with Crippen LogP contribution >= 0.6 is 0 Å². The standard InChI is InChI=1S/C14H28O/c1-4-8-14(9-5-12(2)3)10-6-13(15)7-11-14/h12-13,15H,4-11H2,1-3H3. The topological polar surface area (TPSA) is 20.2 Å². The van der Waals surface area contributed by atoms with E-state index in [1.165, 1.54) is 38.5 Å². The second-order valence-corrected chi connectivity index (χ2v) is 5.91. The van der Waals surface area contributed by atoms with Gasteiger partial charge in [-0.25, -0.2) is 0 Å². The van der Waals surface area contributed by atoms with Crippen molar-refractivity contribution in [2.45, 2.75) is 78.2 Å². The molecule has 1 fully saturated rings. The molecule has 0 aliphatic heterocycles. The Bertz CT molecular complexity index is 166. The third-order valence-corrected chi connectivity index (χ3v) is 4.05. The first kappa shape index (κ1) is 13.0. The Balaban J connectivity index is 2.46. The van der Waals surface area contributed by atoms with Crippen LogP contribution in [-0.2, 0) is 0 Å². The summed E-state index contributed by atoms with van der Waals surface area (Å²) in [6, 6.07) is 0. The molecule has 0 aromatic rings. The van der Waals surface area contributed by atoms with E-state index < -0.39 is 0 Å². The number of aliphatic hydroxyl groups excluding tert-OH is 1. The molecule has 0 aromatic carbocycles. The van der Waals surface area contributed by atoms with Gasteiger partial charge in [0.1, 0.15) is 0 Å². The zero-order chi connectivity index (χ0) is 11.3. The molecule has 0 spiro atoms. The minimum absolute atomic E-state index is 0.00553. The number of hydrogen-bond donors (Lipinski definition) is 1. The van der Waals surface area contributed by atoms with Crippen LogP contribution in [0, 0.1) is 11.3 Å². The van der Waals surface area contributed by atoms with Gasteiger partial charge >= 0.3 is 0 Å². The summed E-state index contributed by atoms with van der Waals surface area (Å²) < 4.78 is 0. The zero-order valence-electron chi connectivity index (χ0n) is 10.8. The van der Waals surface area contributed by atoms with Crippen molar-refractivity contribution in [3.8, 4) is 0 Å². The SMILES string of the molecule is CCCC1(CCC(C)C)CCC(O)CC1. The van der Waals surface area contributed by atoms with Crippen LogP contribution in [0.15, 0.2) is 0 Å². The van der Waals surface area contributed by atoms with Gasteiger partial charge < -0.3 is 5.11 Å². The van der Waals surface area contributed by atoms with Crippen molar-refractivity contribution in [2.24, 2.45) is 11.3 Å². The lowest BCUT2D eigenvalue weighted by molar-refractivity contribution is 0.0484. The van der Waals surface area contributed by atoms with Crippen LogP contribution in [0.3, 0.4) is 0 Å². The molecule has 0 amide bonds. The lowest BCUT2D eigenvalue weighted by Crippen LogP contribution is -2.30. The summed E-state index contributed by atoms with van der Waals surface area (Å²) in [4.78, 5) is 0. The summed E-state index contributed by atoms with van der Waals surface area (Å²) in [5, 5.41) is 9.59. The predicted octanol–water partition coefficient (Wildman–Crippen LogP) is 4.14. The van der Waals surface area contributed by atoms with Gasteiger partial charge in [0, 0.05) is 0 Å². The van der Waals surface area contributed by atoms with Crippen LogP contribution in [0.2, 0.25) is 0 Å². The Hall–Kier alpha value is -0.0400. The molecule has 15 heavy (non-hydrogen) atoms. The fraction of sp³-hybridized carbons (Fsp3) is 1.00. The maximum atomic E-state index is 9.59. The smallest absolute Gasteiger partial charge is 0.0540 e. The van der Waals surface area contributed by atoms with Crippen molar-refractivity contribution in [2.75, 3.05) is 0 Å². The summed E-state index contributed by atoms with van der Waals surface area (Å²) in [5.74, 6) is 0.825. The van der Waals surface area contributed by atoms with E-state index in [2.05, 4.69) is 20.8 Å². The van der Waals surface area contributed by atoms with Gasteiger partial charge in [-0.15, -0.1) is 0 Å². The van der Waals surface area contributed by atoms with Gasteiger partial charge in [0.15, 0.2) is 0 Å². The van der Waals surface area contributed by atoms with Gasteiger partial charge in [-0.2, -0.15) is 0 Å². The van der Waals surface area contributed by atoms with Crippen molar-refractivity contribution < 1.29 is 5.11 Å². The molecule has 1 nitrogen and oxygen atoms in total. The average molecular weight is 212 g/mol. The largest absolute Gasteiger partial charge is 0.393 e. The molecule has 90 valence electrons. The van der Waals surface area contributed by atoms with Crippen LogP contribution < -0.4 is 0 Å². The van der Waals surface area contributed by atoms with E-state index in [4.69, 9.17) is 0 Å². The van der Waals surface area contributed by atoms with Gasteiger partial charge in [0.25, 0.3) is 0 Å². The third-order valence-electron chi connectivity index (χ3n) is 4.05. The van der Waals surface area contributed by atoms with Crippen molar-refractivity contribution in [3.05, 3.63) is 0 Å². The van der Waals surface area contributed by atoms with E-state index >= 15 is 0 Å². The number of rotatable bonds is 5. The molecule has 1 aliphatic carbocycles. The minimum atomic E-state index is -0.00553. The van der Waals surface area contributed by atoms with Crippen molar-refractivity contribution in [1.82, 2.24) is 0 Å². The predicted molar refractivity (Wildman–Crippen MR) is 65.9 cm³/mol. The second-order valence-electron chi connectivity index (χ2n) is 5.91. The van der Waals surface area contributed by atoms with Crippen LogP contribution in [0.5, 0.6) is 0 Å². The molecule has 1 rings (SSSR count). The van der Waals surface area contributed by atoms with Gasteiger partial charge in [-0.05, 0) is 49.9 Å². The molecule has 1 aliphatic rings. The van der Waals surface area contributed by atoms with Crippen molar-refractivity contribution in [3.63, 3.8) is 0 Å². The monoisotopic (exact) mass is 212 g/mol. The highest BCUT2D eigenvalue weighted by Crippen LogP contribution is 2.44. The number of aliphatic hydroxyl groups is 1. The van der Waals surface area contributed by atoms with E-state index in [9.17, 15) is 5.11 Å². The Morgan fingerprint density at radius 1 is 1.20 bits per heavy atom. The molecule has 1 saturated carbocycles. The Morgan fingerprint density at radius 2 is 1.80 bits per heavy atom. The molecular weight excluding hydrogens is 184 g/mol. The highest BCUT2D eigenvalue weighted by molar-refractivity contribution is 4.85. The van der Waals surface area contributed by atoms with E-state index in [0.717, 1.165) is 18.8 Å². The summed E-state index contributed by atoms with van der Waals surface area (Å²) in [7, 11) is 0. The lowest BCUT2D eigenvalue weighted by Gasteiger charge is -2.39. The van der Waals surface area contributed by atoms with E-state index in [1.807, 2.05) is 0 Å². The molecule has 0 unspecified atom stereocenters. The Morgan fingerprint density at radius 3 is 2.27 bits per heavy atom. The Kier molecular flexibility index (Phi) is 5.11.